The second kappa shape index (κ2) is 19.3. The summed E-state index contributed by atoms with van der Waals surface area (Å²) in [5.41, 5.74) is 0. The van der Waals surface area contributed by atoms with Crippen LogP contribution in [0, 0.1) is 0 Å². The summed E-state index contributed by atoms with van der Waals surface area (Å²) in [5.74, 6) is 0. The molecule has 0 saturated carbocycles. The predicted molar refractivity (Wildman–Crippen MR) is 122 cm³/mol. The molecular weight excluding hydrogens is 361 g/mol. The van der Waals surface area contributed by atoms with Crippen molar-refractivity contribution in [2.45, 2.75) is 151 Å². The molecule has 0 aromatic carbocycles. The van der Waals surface area contributed by atoms with Gasteiger partial charge in [-0.3, -0.25) is 0 Å². The fourth-order valence-corrected chi connectivity index (χ4v) is 16.0. The summed E-state index contributed by atoms with van der Waals surface area (Å²) in [6, 6.07) is 0. The molecule has 152 valence electrons. The number of unbranched alkanes of at least 4 members (excludes halogenated alkanes) is 12. The molecule has 0 radical (unpaired) electrons. The van der Waals surface area contributed by atoms with Crippen molar-refractivity contribution in [2.75, 3.05) is 0 Å². The molecule has 25 heavy (non-hydrogen) atoms. The van der Waals surface area contributed by atoms with E-state index in [4.69, 9.17) is 0 Å². The molecule has 1 heteroatoms. The summed E-state index contributed by atoms with van der Waals surface area (Å²) in [4.78, 5) is 0. The average Bonchev–Trinajstić information content (AvgIpc) is 2.63. The number of rotatable bonds is 20. The van der Waals surface area contributed by atoms with Gasteiger partial charge < -0.3 is 0 Å². The Bertz CT molecular complexity index is 195. The summed E-state index contributed by atoms with van der Waals surface area (Å²) in [6.45, 7) is 9.42. The van der Waals surface area contributed by atoms with Crippen LogP contribution < -0.4 is 0 Å². The van der Waals surface area contributed by atoms with Crippen molar-refractivity contribution >= 4 is 13.3 Å². The monoisotopic (exact) mass is 414 g/mol. The summed E-state index contributed by atoms with van der Waals surface area (Å²) in [6.07, 6.45) is 23.8. The van der Waals surface area contributed by atoms with Crippen molar-refractivity contribution in [1.82, 2.24) is 0 Å². The SMILES string of the molecule is CCCCC[CH2][Ge]([CH2]CCCCC)([CH2]CCCCC)[CH2]CCCCC. The second-order valence-electron chi connectivity index (χ2n) is 8.74. The normalized spacial score (nSPS) is 12.0. The Morgan fingerprint density at radius 2 is 0.560 bits per heavy atom. The van der Waals surface area contributed by atoms with Crippen LogP contribution in [0.3, 0.4) is 0 Å². The van der Waals surface area contributed by atoms with Crippen LogP contribution >= 0.6 is 0 Å². The fourth-order valence-electron chi connectivity index (χ4n) is 4.46. The third-order valence-corrected chi connectivity index (χ3v) is 18.1. The molecule has 0 atom stereocenters. The van der Waals surface area contributed by atoms with Gasteiger partial charge in [0.25, 0.3) is 0 Å². The Hall–Kier alpha value is 0.543. The molecule has 0 N–H and O–H groups in total. The molecule has 0 aromatic rings. The molecule has 0 fully saturated rings. The van der Waals surface area contributed by atoms with E-state index in [0.717, 1.165) is 0 Å². The van der Waals surface area contributed by atoms with Gasteiger partial charge in [0, 0.05) is 0 Å². The van der Waals surface area contributed by atoms with Crippen LogP contribution in [0.15, 0.2) is 0 Å². The van der Waals surface area contributed by atoms with E-state index in [1.807, 2.05) is 0 Å². The third-order valence-electron chi connectivity index (χ3n) is 6.24. The first-order valence-corrected chi connectivity index (χ1v) is 18.2. The van der Waals surface area contributed by atoms with Gasteiger partial charge in [-0.25, -0.2) is 0 Å². The first-order chi connectivity index (χ1) is 12.2. The molecule has 0 nitrogen and oxygen atoms in total. The van der Waals surface area contributed by atoms with Gasteiger partial charge in [0.1, 0.15) is 0 Å². The first-order valence-electron chi connectivity index (χ1n) is 12.2. The third kappa shape index (κ3) is 15.3. The Balaban J connectivity index is 4.62. The van der Waals surface area contributed by atoms with Crippen LogP contribution in [0.4, 0.5) is 0 Å². The molecule has 0 aromatic heterocycles. The van der Waals surface area contributed by atoms with Crippen LogP contribution in [0.5, 0.6) is 0 Å². The fraction of sp³-hybridized carbons (Fsp3) is 1.00. The number of hydrogen-bond acceptors (Lipinski definition) is 0. The van der Waals surface area contributed by atoms with Crippen molar-refractivity contribution in [3.63, 3.8) is 0 Å². The van der Waals surface area contributed by atoms with E-state index in [1.165, 1.54) is 77.0 Å². The van der Waals surface area contributed by atoms with Crippen LogP contribution in [0.2, 0.25) is 21.0 Å². The summed E-state index contributed by atoms with van der Waals surface area (Å²) >= 11 is -1.59. The van der Waals surface area contributed by atoms with Gasteiger partial charge in [-0.05, 0) is 0 Å². The van der Waals surface area contributed by atoms with E-state index >= 15 is 0 Å². The van der Waals surface area contributed by atoms with E-state index in [2.05, 4.69) is 27.7 Å². The maximum absolute atomic E-state index is 2.36. The molecule has 0 aliphatic rings. The van der Waals surface area contributed by atoms with E-state index < -0.39 is 13.3 Å². The molecule has 0 aliphatic carbocycles. The van der Waals surface area contributed by atoms with Gasteiger partial charge >= 0.3 is 165 Å². The maximum atomic E-state index is 2.36. The minimum atomic E-state index is -1.59. The zero-order valence-corrected chi connectivity index (χ0v) is 20.7. The standard InChI is InChI=1S/C24H52Ge/c1-5-9-13-17-21-25(22-18-14-10-6-2,23-19-15-11-7-3)24-20-16-12-8-4/h5-24H2,1-4H3. The van der Waals surface area contributed by atoms with Gasteiger partial charge in [-0.2, -0.15) is 0 Å². The number of hydrogen-bond donors (Lipinski definition) is 0. The molecular formula is C24H52Ge. The van der Waals surface area contributed by atoms with Crippen LogP contribution in [-0.2, 0) is 0 Å². The molecule has 0 rings (SSSR count). The van der Waals surface area contributed by atoms with Gasteiger partial charge in [0.05, 0.1) is 0 Å². The summed E-state index contributed by atoms with van der Waals surface area (Å²) in [5, 5.41) is 6.85. The van der Waals surface area contributed by atoms with Crippen LogP contribution in [0.1, 0.15) is 130 Å². The second-order valence-corrected chi connectivity index (χ2v) is 19.2. The predicted octanol–water partition coefficient (Wildman–Crippen LogP) is 9.76. The van der Waals surface area contributed by atoms with Crippen molar-refractivity contribution in [1.29, 1.82) is 0 Å². The molecule has 0 spiro atoms. The molecule has 0 aliphatic heterocycles. The average molecular weight is 413 g/mol. The Kier molecular flexibility index (Phi) is 19.7. The Labute approximate surface area is 164 Å². The molecule has 0 unspecified atom stereocenters. The van der Waals surface area contributed by atoms with Crippen molar-refractivity contribution in [3.8, 4) is 0 Å². The van der Waals surface area contributed by atoms with Gasteiger partial charge in [-0.15, -0.1) is 0 Å². The molecule has 0 heterocycles. The Morgan fingerprint density at radius 3 is 0.760 bits per heavy atom. The van der Waals surface area contributed by atoms with Gasteiger partial charge in [0.15, 0.2) is 0 Å². The van der Waals surface area contributed by atoms with Crippen LogP contribution in [0.25, 0.3) is 0 Å². The molecule has 0 amide bonds. The van der Waals surface area contributed by atoms with Crippen molar-refractivity contribution in [2.24, 2.45) is 0 Å². The summed E-state index contributed by atoms with van der Waals surface area (Å²) in [7, 11) is 0. The van der Waals surface area contributed by atoms with Crippen molar-refractivity contribution in [3.05, 3.63) is 0 Å². The summed E-state index contributed by atoms with van der Waals surface area (Å²) < 4.78 is 0. The van der Waals surface area contributed by atoms with Crippen LogP contribution in [-0.4, -0.2) is 13.3 Å². The minimum absolute atomic E-state index is 1.39. The van der Waals surface area contributed by atoms with Crippen molar-refractivity contribution < 1.29 is 0 Å². The Morgan fingerprint density at radius 1 is 0.320 bits per heavy atom. The zero-order valence-electron chi connectivity index (χ0n) is 18.6. The van der Waals surface area contributed by atoms with E-state index in [0.29, 0.717) is 0 Å². The van der Waals surface area contributed by atoms with E-state index in [9.17, 15) is 0 Å². The van der Waals surface area contributed by atoms with E-state index in [-0.39, 0.29) is 0 Å². The quantitative estimate of drug-likeness (QED) is 0.138. The zero-order chi connectivity index (χ0) is 18.6. The van der Waals surface area contributed by atoms with E-state index in [1.54, 1.807) is 46.7 Å². The van der Waals surface area contributed by atoms with Gasteiger partial charge in [-0.1, -0.05) is 0 Å². The molecule has 0 bridgehead atoms. The first kappa shape index (κ1) is 25.5. The van der Waals surface area contributed by atoms with Gasteiger partial charge in [0.2, 0.25) is 0 Å². The molecule has 0 saturated heterocycles. The topological polar surface area (TPSA) is 0 Å².